The number of halogens is 1. The number of nitrogens with zero attached hydrogens (tertiary/aromatic N) is 1. The van der Waals surface area contributed by atoms with Gasteiger partial charge in [0.1, 0.15) is 0 Å². The van der Waals surface area contributed by atoms with Gasteiger partial charge in [-0.3, -0.25) is 4.98 Å². The molecule has 0 spiro atoms. The number of ether oxygens (including phenoxy) is 1. The molecule has 1 aliphatic rings. The highest BCUT2D eigenvalue weighted by atomic mass is 79.9. The van der Waals surface area contributed by atoms with Crippen LogP contribution >= 0.6 is 15.9 Å². The van der Waals surface area contributed by atoms with E-state index in [2.05, 4.69) is 20.9 Å². The molecular formula is C10H12BrNO2. The Morgan fingerprint density at radius 1 is 1.57 bits per heavy atom. The van der Waals surface area contributed by atoms with E-state index in [4.69, 9.17) is 4.74 Å². The molecule has 4 heteroatoms. The second-order valence-electron chi connectivity index (χ2n) is 3.67. The summed E-state index contributed by atoms with van der Waals surface area (Å²) in [6.07, 6.45) is 3.01. The van der Waals surface area contributed by atoms with E-state index in [0.29, 0.717) is 26.1 Å². The molecule has 14 heavy (non-hydrogen) atoms. The van der Waals surface area contributed by atoms with E-state index in [1.165, 1.54) is 0 Å². The van der Waals surface area contributed by atoms with Crippen molar-refractivity contribution >= 4 is 15.9 Å². The molecule has 1 N–H and O–H groups in total. The average molecular weight is 258 g/mol. The molecule has 0 amide bonds. The van der Waals surface area contributed by atoms with E-state index in [1.807, 2.05) is 12.1 Å². The summed E-state index contributed by atoms with van der Waals surface area (Å²) >= 11 is 3.32. The lowest BCUT2D eigenvalue weighted by atomic mass is 9.97. The van der Waals surface area contributed by atoms with E-state index in [-0.39, 0.29) is 0 Å². The minimum Gasteiger partial charge on any atom is -0.387 e. The predicted octanol–water partition coefficient (Wildman–Crippen LogP) is 1.54. The molecule has 76 valence electrons. The van der Waals surface area contributed by atoms with Crippen LogP contribution in [0, 0.1) is 0 Å². The lowest BCUT2D eigenvalue weighted by Crippen LogP contribution is -2.31. The van der Waals surface area contributed by atoms with Crippen LogP contribution < -0.4 is 0 Å². The van der Waals surface area contributed by atoms with Gasteiger partial charge in [-0.15, -0.1) is 0 Å². The lowest BCUT2D eigenvalue weighted by molar-refractivity contribution is 0.0263. The molecule has 1 fully saturated rings. The Labute approximate surface area is 91.2 Å². The molecule has 0 aromatic carbocycles. The molecule has 0 radical (unpaired) electrons. The van der Waals surface area contributed by atoms with Crippen molar-refractivity contribution in [1.29, 1.82) is 0 Å². The van der Waals surface area contributed by atoms with Gasteiger partial charge >= 0.3 is 0 Å². The number of hydrogen-bond donors (Lipinski definition) is 1. The maximum absolute atomic E-state index is 10.0. The summed E-state index contributed by atoms with van der Waals surface area (Å²) in [6.45, 7) is 1.07. The van der Waals surface area contributed by atoms with Gasteiger partial charge in [0.15, 0.2) is 0 Å². The van der Waals surface area contributed by atoms with Gasteiger partial charge in [-0.05, 0) is 28.1 Å². The van der Waals surface area contributed by atoms with Gasteiger partial charge in [-0.25, -0.2) is 0 Å². The Kier molecular flexibility index (Phi) is 2.85. The minimum atomic E-state index is -0.708. The van der Waals surface area contributed by atoms with E-state index < -0.39 is 5.60 Å². The van der Waals surface area contributed by atoms with Gasteiger partial charge < -0.3 is 9.84 Å². The predicted molar refractivity (Wildman–Crippen MR) is 56.0 cm³/mol. The van der Waals surface area contributed by atoms with Gasteiger partial charge in [-0.2, -0.15) is 0 Å². The molecule has 1 unspecified atom stereocenters. The first-order chi connectivity index (χ1) is 6.68. The van der Waals surface area contributed by atoms with Crippen LogP contribution in [0.3, 0.4) is 0 Å². The van der Waals surface area contributed by atoms with Crippen molar-refractivity contribution in [3.8, 4) is 0 Å². The van der Waals surface area contributed by atoms with E-state index in [9.17, 15) is 5.11 Å². The molecule has 0 saturated carbocycles. The van der Waals surface area contributed by atoms with Gasteiger partial charge in [-0.1, -0.05) is 0 Å². The molecule has 0 aliphatic carbocycles. The highest BCUT2D eigenvalue weighted by molar-refractivity contribution is 9.10. The summed E-state index contributed by atoms with van der Waals surface area (Å²) in [7, 11) is 0. The zero-order valence-corrected chi connectivity index (χ0v) is 9.33. The Balaban J connectivity index is 2.06. The first kappa shape index (κ1) is 10.1. The van der Waals surface area contributed by atoms with Gasteiger partial charge in [0, 0.05) is 35.8 Å². The molecule has 3 nitrogen and oxygen atoms in total. The van der Waals surface area contributed by atoms with Gasteiger partial charge in [0.25, 0.3) is 0 Å². The number of aliphatic hydroxyl groups is 1. The Morgan fingerprint density at radius 3 is 3.00 bits per heavy atom. The summed E-state index contributed by atoms with van der Waals surface area (Å²) in [5, 5.41) is 10.0. The van der Waals surface area contributed by atoms with Crippen LogP contribution in [-0.2, 0) is 11.2 Å². The van der Waals surface area contributed by atoms with Crippen molar-refractivity contribution in [3.63, 3.8) is 0 Å². The average Bonchev–Trinajstić information content (AvgIpc) is 2.57. The van der Waals surface area contributed by atoms with Crippen LogP contribution in [0.25, 0.3) is 0 Å². The molecule has 2 rings (SSSR count). The number of aromatic nitrogens is 1. The highest BCUT2D eigenvalue weighted by Crippen LogP contribution is 2.22. The summed E-state index contributed by atoms with van der Waals surface area (Å²) in [4.78, 5) is 4.22. The Morgan fingerprint density at radius 2 is 2.43 bits per heavy atom. The summed E-state index contributed by atoms with van der Waals surface area (Å²) in [5.74, 6) is 0. The standard InChI is InChI=1S/C10H12BrNO2/c11-8-1-2-9(12-6-8)5-10(13)3-4-14-7-10/h1-2,6,13H,3-5,7H2. The zero-order chi connectivity index (χ0) is 10.0. The highest BCUT2D eigenvalue weighted by Gasteiger charge is 2.32. The fourth-order valence-corrected chi connectivity index (χ4v) is 1.82. The molecule has 1 aliphatic heterocycles. The van der Waals surface area contributed by atoms with Crippen LogP contribution in [0.1, 0.15) is 12.1 Å². The zero-order valence-electron chi connectivity index (χ0n) is 7.74. The van der Waals surface area contributed by atoms with Gasteiger partial charge in [0.2, 0.25) is 0 Å². The summed E-state index contributed by atoms with van der Waals surface area (Å²) < 4.78 is 6.12. The second kappa shape index (κ2) is 3.96. The number of rotatable bonds is 2. The Hall–Kier alpha value is -0.450. The smallest absolute Gasteiger partial charge is 0.0957 e. The molecule has 1 saturated heterocycles. The molecular weight excluding hydrogens is 246 g/mol. The van der Waals surface area contributed by atoms with Crippen molar-refractivity contribution in [1.82, 2.24) is 4.98 Å². The molecule has 1 aromatic heterocycles. The van der Waals surface area contributed by atoms with Crippen LogP contribution in [0.5, 0.6) is 0 Å². The third kappa shape index (κ3) is 2.32. The normalized spacial score (nSPS) is 26.7. The van der Waals surface area contributed by atoms with E-state index in [1.54, 1.807) is 6.20 Å². The van der Waals surface area contributed by atoms with Crippen molar-refractivity contribution in [3.05, 3.63) is 28.5 Å². The van der Waals surface area contributed by atoms with Crippen molar-refractivity contribution in [2.24, 2.45) is 0 Å². The van der Waals surface area contributed by atoms with Crippen LogP contribution in [0.4, 0.5) is 0 Å². The van der Waals surface area contributed by atoms with Crippen LogP contribution in [-0.4, -0.2) is 28.9 Å². The summed E-state index contributed by atoms with van der Waals surface area (Å²) in [6, 6.07) is 3.85. The first-order valence-electron chi connectivity index (χ1n) is 4.59. The third-order valence-electron chi connectivity index (χ3n) is 2.38. The van der Waals surface area contributed by atoms with Crippen LogP contribution in [0.2, 0.25) is 0 Å². The second-order valence-corrected chi connectivity index (χ2v) is 4.59. The van der Waals surface area contributed by atoms with E-state index in [0.717, 1.165) is 10.2 Å². The van der Waals surface area contributed by atoms with Crippen LogP contribution in [0.15, 0.2) is 22.8 Å². The van der Waals surface area contributed by atoms with Crippen molar-refractivity contribution in [2.75, 3.05) is 13.2 Å². The Bertz CT molecular complexity index is 306. The van der Waals surface area contributed by atoms with Crippen molar-refractivity contribution < 1.29 is 9.84 Å². The van der Waals surface area contributed by atoms with Crippen molar-refractivity contribution in [2.45, 2.75) is 18.4 Å². The molecule has 1 aromatic rings. The topological polar surface area (TPSA) is 42.4 Å². The van der Waals surface area contributed by atoms with E-state index >= 15 is 0 Å². The minimum absolute atomic E-state index is 0.421. The maximum Gasteiger partial charge on any atom is 0.0957 e. The maximum atomic E-state index is 10.0. The third-order valence-corrected chi connectivity index (χ3v) is 2.85. The SMILES string of the molecule is OC1(Cc2ccc(Br)cn2)CCOC1. The first-order valence-corrected chi connectivity index (χ1v) is 5.38. The monoisotopic (exact) mass is 257 g/mol. The molecule has 0 bridgehead atoms. The van der Waals surface area contributed by atoms with Gasteiger partial charge in [0.05, 0.1) is 12.2 Å². The summed E-state index contributed by atoms with van der Waals surface area (Å²) in [5.41, 5.74) is 0.196. The molecule has 2 heterocycles. The lowest BCUT2D eigenvalue weighted by Gasteiger charge is -2.19. The largest absolute Gasteiger partial charge is 0.387 e. The number of hydrogen-bond acceptors (Lipinski definition) is 3. The fraction of sp³-hybridized carbons (Fsp3) is 0.500. The quantitative estimate of drug-likeness (QED) is 0.874. The molecule has 1 atom stereocenters. The number of pyridine rings is 1. The fourth-order valence-electron chi connectivity index (χ4n) is 1.58.